The van der Waals surface area contributed by atoms with E-state index in [1.807, 2.05) is 0 Å². The highest BCUT2D eigenvalue weighted by Crippen LogP contribution is 2.43. The van der Waals surface area contributed by atoms with Crippen LogP contribution in [0.25, 0.3) is 0 Å². The van der Waals surface area contributed by atoms with Crippen molar-refractivity contribution in [3.8, 4) is 0 Å². The van der Waals surface area contributed by atoms with Gasteiger partial charge in [-0.05, 0) is 96.3 Å². The maximum absolute atomic E-state index is 12.7. The molecule has 0 fully saturated rings. The van der Waals surface area contributed by atoms with Crippen molar-refractivity contribution in [3.05, 3.63) is 97.2 Å². The summed E-state index contributed by atoms with van der Waals surface area (Å²) in [5.41, 5.74) is 5.39. The quantitative estimate of drug-likeness (QED) is 0.0264. The topological polar surface area (TPSA) is 134 Å². The van der Waals surface area contributed by atoms with Crippen molar-refractivity contribution in [2.24, 2.45) is 5.73 Å². The van der Waals surface area contributed by atoms with Crippen molar-refractivity contribution >= 4 is 19.8 Å². The molecule has 0 aliphatic rings. The predicted molar refractivity (Wildman–Crippen MR) is 339 cm³/mol. The Hall–Kier alpha value is -3.07. The molecule has 0 heterocycles. The molecule has 0 aromatic rings. The van der Waals surface area contributed by atoms with E-state index in [1.54, 1.807) is 0 Å². The molecule has 0 aliphatic carbocycles. The maximum Gasteiger partial charge on any atom is 0.472 e. The number of nitrogens with two attached hydrogens (primary N) is 1. The molecule has 79 heavy (non-hydrogen) atoms. The van der Waals surface area contributed by atoms with E-state index in [4.69, 9.17) is 24.3 Å². The van der Waals surface area contributed by atoms with Gasteiger partial charge in [-0.1, -0.05) is 284 Å². The summed E-state index contributed by atoms with van der Waals surface area (Å²) in [7, 11) is -4.40. The molecule has 0 bridgehead atoms. The zero-order chi connectivity index (χ0) is 57.3. The molecule has 0 aromatic carbocycles. The highest BCUT2D eigenvalue weighted by Gasteiger charge is 2.26. The summed E-state index contributed by atoms with van der Waals surface area (Å²) in [5, 5.41) is 0. The van der Waals surface area contributed by atoms with Gasteiger partial charge in [0.1, 0.15) is 6.61 Å². The Morgan fingerprint density at radius 2 is 0.696 bits per heavy atom. The Balaban J connectivity index is 3.92. The lowest BCUT2D eigenvalue weighted by Gasteiger charge is -2.19. The number of hydrogen-bond donors (Lipinski definition) is 2. The summed E-state index contributed by atoms with van der Waals surface area (Å²) in [6.45, 7) is 3.66. The lowest BCUT2D eigenvalue weighted by Crippen LogP contribution is -2.29. The molecule has 9 nitrogen and oxygen atoms in total. The van der Waals surface area contributed by atoms with Crippen molar-refractivity contribution in [2.45, 2.75) is 302 Å². The number of carbonyl (C=O) groups excluding carboxylic acids is 2. The van der Waals surface area contributed by atoms with E-state index in [9.17, 15) is 19.0 Å². The van der Waals surface area contributed by atoms with Crippen LogP contribution in [-0.2, 0) is 32.7 Å². The van der Waals surface area contributed by atoms with Crippen LogP contribution in [0.15, 0.2) is 97.2 Å². The smallest absolute Gasteiger partial charge is 0.462 e. The molecule has 0 amide bonds. The summed E-state index contributed by atoms with van der Waals surface area (Å²) >= 11 is 0. The van der Waals surface area contributed by atoms with Gasteiger partial charge in [-0.2, -0.15) is 0 Å². The first-order chi connectivity index (χ1) is 38.8. The van der Waals surface area contributed by atoms with Gasteiger partial charge in [0.2, 0.25) is 0 Å². The normalized spacial score (nSPS) is 13.6. The van der Waals surface area contributed by atoms with Crippen LogP contribution in [-0.4, -0.2) is 49.3 Å². The van der Waals surface area contributed by atoms with Crippen LogP contribution < -0.4 is 5.73 Å². The molecule has 0 aliphatic heterocycles. The molecular weight excluding hydrogens is 1000 g/mol. The van der Waals surface area contributed by atoms with Crippen molar-refractivity contribution in [1.29, 1.82) is 0 Å². The fraction of sp³-hybridized carbons (Fsp3) is 0.739. The zero-order valence-corrected chi connectivity index (χ0v) is 52.0. The minimum Gasteiger partial charge on any atom is -0.462 e. The number of allylic oxidation sites excluding steroid dienone is 16. The minimum absolute atomic E-state index is 0.0507. The molecule has 2 unspecified atom stereocenters. The Labute approximate surface area is 486 Å². The van der Waals surface area contributed by atoms with Gasteiger partial charge in [-0.3, -0.25) is 18.6 Å². The molecule has 0 saturated heterocycles. The number of carbonyl (C=O) groups is 2. The van der Waals surface area contributed by atoms with Gasteiger partial charge in [0, 0.05) is 19.4 Å². The average molecular weight is 1120 g/mol. The van der Waals surface area contributed by atoms with Crippen LogP contribution in [0.5, 0.6) is 0 Å². The summed E-state index contributed by atoms with van der Waals surface area (Å²) in [6, 6.07) is 0. The highest BCUT2D eigenvalue weighted by atomic mass is 31.2. The van der Waals surface area contributed by atoms with E-state index in [0.29, 0.717) is 6.42 Å². The number of unbranched alkanes of at least 4 members (excludes halogenated alkanes) is 32. The number of phosphoric acid groups is 1. The molecule has 0 aromatic heterocycles. The maximum atomic E-state index is 12.7. The molecule has 0 spiro atoms. The van der Waals surface area contributed by atoms with Crippen molar-refractivity contribution < 1.29 is 37.6 Å². The van der Waals surface area contributed by atoms with E-state index < -0.39 is 26.5 Å². The second kappa shape index (κ2) is 64.1. The summed E-state index contributed by atoms with van der Waals surface area (Å²) in [6.07, 6.45) is 86.2. The Morgan fingerprint density at radius 3 is 1.05 bits per heavy atom. The molecule has 0 rings (SSSR count). The van der Waals surface area contributed by atoms with Gasteiger partial charge in [0.15, 0.2) is 6.10 Å². The zero-order valence-electron chi connectivity index (χ0n) is 51.1. The fourth-order valence-corrected chi connectivity index (χ4v) is 9.91. The van der Waals surface area contributed by atoms with Crippen LogP contribution in [0.1, 0.15) is 296 Å². The van der Waals surface area contributed by atoms with Crippen molar-refractivity contribution in [1.82, 2.24) is 0 Å². The van der Waals surface area contributed by atoms with Crippen LogP contribution in [0.4, 0.5) is 0 Å². The average Bonchev–Trinajstić information content (AvgIpc) is 3.44. The van der Waals surface area contributed by atoms with Gasteiger partial charge in [0.25, 0.3) is 0 Å². The third kappa shape index (κ3) is 64.0. The second-order valence-corrected chi connectivity index (χ2v) is 23.1. The first kappa shape index (κ1) is 75.9. The highest BCUT2D eigenvalue weighted by molar-refractivity contribution is 7.47. The van der Waals surface area contributed by atoms with E-state index in [-0.39, 0.29) is 38.6 Å². The summed E-state index contributed by atoms with van der Waals surface area (Å²) in [5.74, 6) is -0.824. The molecule has 10 heteroatoms. The number of esters is 2. The molecule has 0 saturated carbocycles. The van der Waals surface area contributed by atoms with E-state index in [2.05, 4.69) is 111 Å². The molecule has 0 radical (unpaired) electrons. The minimum atomic E-state index is -4.40. The van der Waals surface area contributed by atoms with Crippen LogP contribution in [0.2, 0.25) is 0 Å². The van der Waals surface area contributed by atoms with Gasteiger partial charge < -0.3 is 20.1 Å². The van der Waals surface area contributed by atoms with Gasteiger partial charge in [-0.25, -0.2) is 4.57 Å². The molecule has 3 N–H and O–H groups in total. The van der Waals surface area contributed by atoms with E-state index >= 15 is 0 Å². The SMILES string of the molecule is CC/C=C\C/C=C\C/C=C\C/C=C\C/C=C\C/C=C\C/C=C\CCCCCCCCCCCCCCCC(=O)OC(COC(=O)CCCCCCCCCCCCC/C=C\CCCCCCCCCC)COP(=O)(O)OCCN. The molecular formula is C69H122NO8P. The summed E-state index contributed by atoms with van der Waals surface area (Å²) in [4.78, 5) is 35.3. The number of hydrogen-bond acceptors (Lipinski definition) is 8. The Bertz CT molecular complexity index is 1610. The standard InChI is InChI=1S/C69H122NO8P/c1-3-5-7-9-11-13-15-17-19-21-23-25-27-28-29-30-31-32-33-34-35-36-37-38-40-42-44-46-48-50-52-54-56-58-60-62-69(72)78-67(66-77-79(73,74)76-64-63-70)65-75-68(71)61-59-57-55-53-51-49-47-45-43-41-39-26-24-22-20-18-16-14-12-10-8-6-4-2/h5,7,11,13,17,19,22-25,28-29,31-32,34-35,67H,3-4,6,8-10,12,14-16,18,20-21,26-27,30,33,36-66,70H2,1-2H3,(H,73,74)/b7-5-,13-11-,19-17-,24-22-,25-23-,29-28-,32-31-,35-34-. The van der Waals surface area contributed by atoms with Crippen LogP contribution >= 0.6 is 7.82 Å². The van der Waals surface area contributed by atoms with E-state index in [0.717, 1.165) is 83.5 Å². The van der Waals surface area contributed by atoms with Crippen molar-refractivity contribution in [3.63, 3.8) is 0 Å². The van der Waals surface area contributed by atoms with Gasteiger partial charge in [-0.15, -0.1) is 0 Å². The predicted octanol–water partition coefficient (Wildman–Crippen LogP) is 21.2. The Morgan fingerprint density at radius 1 is 0.392 bits per heavy atom. The lowest BCUT2D eigenvalue weighted by atomic mass is 10.0. The number of ether oxygens (including phenoxy) is 2. The lowest BCUT2D eigenvalue weighted by molar-refractivity contribution is -0.161. The van der Waals surface area contributed by atoms with Crippen molar-refractivity contribution in [2.75, 3.05) is 26.4 Å². The first-order valence-corrected chi connectivity index (χ1v) is 34.2. The number of rotatable bonds is 61. The molecule has 456 valence electrons. The second-order valence-electron chi connectivity index (χ2n) is 21.6. The van der Waals surface area contributed by atoms with E-state index in [1.165, 1.54) is 180 Å². The monoisotopic (exact) mass is 1120 g/mol. The first-order valence-electron chi connectivity index (χ1n) is 32.7. The number of phosphoric ester groups is 1. The van der Waals surface area contributed by atoms with Crippen LogP contribution in [0.3, 0.4) is 0 Å². The van der Waals surface area contributed by atoms with Gasteiger partial charge in [0.05, 0.1) is 13.2 Å². The fourth-order valence-electron chi connectivity index (χ4n) is 9.14. The van der Waals surface area contributed by atoms with Gasteiger partial charge >= 0.3 is 19.8 Å². The summed E-state index contributed by atoms with van der Waals surface area (Å²) < 4.78 is 33.1. The third-order valence-electron chi connectivity index (χ3n) is 14.0. The third-order valence-corrected chi connectivity index (χ3v) is 14.9. The van der Waals surface area contributed by atoms with Crippen LogP contribution in [0, 0.1) is 0 Å². The Kier molecular flexibility index (Phi) is 61.6. The molecule has 2 atom stereocenters. The largest absolute Gasteiger partial charge is 0.472 e.